The predicted molar refractivity (Wildman–Crippen MR) is 94.5 cm³/mol. The summed E-state index contributed by atoms with van der Waals surface area (Å²) in [5.74, 6) is 0.322. The SMILES string of the molecule is CC(C)C(CNC(=O)c1cn(C2CCNCC2)nn1)N1CCOCC1. The number of piperidine rings is 1. The summed E-state index contributed by atoms with van der Waals surface area (Å²) in [6.07, 6.45) is 3.83. The number of aromatic nitrogens is 3. The van der Waals surface area contributed by atoms with E-state index in [9.17, 15) is 4.79 Å². The van der Waals surface area contributed by atoms with E-state index in [2.05, 4.69) is 39.7 Å². The van der Waals surface area contributed by atoms with Gasteiger partial charge in [-0.2, -0.15) is 0 Å². The van der Waals surface area contributed by atoms with Crippen molar-refractivity contribution in [2.24, 2.45) is 5.92 Å². The van der Waals surface area contributed by atoms with Crippen molar-refractivity contribution in [2.45, 2.75) is 38.8 Å². The zero-order valence-corrected chi connectivity index (χ0v) is 15.3. The lowest BCUT2D eigenvalue weighted by Gasteiger charge is -2.36. The molecule has 8 nitrogen and oxygen atoms in total. The fourth-order valence-corrected chi connectivity index (χ4v) is 3.61. The Kier molecular flexibility index (Phi) is 6.39. The molecule has 1 aromatic rings. The highest BCUT2D eigenvalue weighted by molar-refractivity contribution is 5.91. The van der Waals surface area contributed by atoms with E-state index < -0.39 is 0 Å². The summed E-state index contributed by atoms with van der Waals surface area (Å²) in [5.41, 5.74) is 0.406. The summed E-state index contributed by atoms with van der Waals surface area (Å²) in [6.45, 7) is 10.4. The van der Waals surface area contributed by atoms with E-state index in [0.717, 1.165) is 52.2 Å². The van der Waals surface area contributed by atoms with Crippen LogP contribution in [0.15, 0.2) is 6.20 Å². The lowest BCUT2D eigenvalue weighted by Crippen LogP contribution is -2.51. The van der Waals surface area contributed by atoms with Gasteiger partial charge in [-0.1, -0.05) is 19.1 Å². The van der Waals surface area contributed by atoms with E-state index in [-0.39, 0.29) is 5.91 Å². The summed E-state index contributed by atoms with van der Waals surface area (Å²) in [4.78, 5) is 14.9. The third-order valence-electron chi connectivity index (χ3n) is 5.18. The second-order valence-corrected chi connectivity index (χ2v) is 7.23. The molecule has 1 amide bonds. The summed E-state index contributed by atoms with van der Waals surface area (Å²) in [5, 5.41) is 14.6. The number of amides is 1. The molecule has 0 aliphatic carbocycles. The molecule has 2 aliphatic rings. The molecule has 2 N–H and O–H groups in total. The lowest BCUT2D eigenvalue weighted by atomic mass is 10.0. The van der Waals surface area contributed by atoms with Crippen molar-refractivity contribution >= 4 is 5.91 Å². The molecular weight excluding hydrogens is 320 g/mol. The van der Waals surface area contributed by atoms with Gasteiger partial charge in [-0.05, 0) is 31.8 Å². The molecule has 3 heterocycles. The number of hydrogen-bond acceptors (Lipinski definition) is 6. The van der Waals surface area contributed by atoms with Crippen LogP contribution in [0.4, 0.5) is 0 Å². The summed E-state index contributed by atoms with van der Waals surface area (Å²) < 4.78 is 7.28. The summed E-state index contributed by atoms with van der Waals surface area (Å²) in [6, 6.07) is 0.652. The van der Waals surface area contributed by atoms with Crippen molar-refractivity contribution in [3.05, 3.63) is 11.9 Å². The molecule has 2 aliphatic heterocycles. The number of rotatable bonds is 6. The Balaban J connectivity index is 1.54. The number of morpholine rings is 1. The van der Waals surface area contributed by atoms with E-state index in [4.69, 9.17) is 4.74 Å². The first-order chi connectivity index (χ1) is 12.1. The molecule has 0 spiro atoms. The normalized spacial score (nSPS) is 21.4. The van der Waals surface area contributed by atoms with E-state index in [1.165, 1.54) is 0 Å². The zero-order chi connectivity index (χ0) is 17.6. The molecule has 1 aromatic heterocycles. The molecule has 0 bridgehead atoms. The third kappa shape index (κ3) is 4.77. The topological polar surface area (TPSA) is 84.3 Å². The average molecular weight is 350 g/mol. The van der Waals surface area contributed by atoms with E-state index in [0.29, 0.717) is 30.2 Å². The van der Waals surface area contributed by atoms with Gasteiger partial charge in [0.25, 0.3) is 5.91 Å². The Morgan fingerprint density at radius 2 is 2.08 bits per heavy atom. The zero-order valence-electron chi connectivity index (χ0n) is 15.3. The third-order valence-corrected chi connectivity index (χ3v) is 5.18. The highest BCUT2D eigenvalue weighted by Gasteiger charge is 2.25. The van der Waals surface area contributed by atoms with Crippen LogP contribution in [0.1, 0.15) is 43.2 Å². The van der Waals surface area contributed by atoms with Gasteiger partial charge in [0.2, 0.25) is 0 Å². The summed E-state index contributed by atoms with van der Waals surface area (Å²) >= 11 is 0. The maximum absolute atomic E-state index is 12.5. The van der Waals surface area contributed by atoms with Gasteiger partial charge in [-0.25, -0.2) is 4.68 Å². The first-order valence-electron chi connectivity index (χ1n) is 9.37. The predicted octanol–water partition coefficient (Wildman–Crippen LogP) is 0.289. The fourth-order valence-electron chi connectivity index (χ4n) is 3.61. The van der Waals surface area contributed by atoms with Crippen LogP contribution in [0.2, 0.25) is 0 Å². The molecular formula is C17H30N6O2. The Morgan fingerprint density at radius 3 is 2.76 bits per heavy atom. The maximum Gasteiger partial charge on any atom is 0.273 e. The molecule has 0 radical (unpaired) electrons. The van der Waals surface area contributed by atoms with Gasteiger partial charge in [-0.3, -0.25) is 9.69 Å². The number of carbonyl (C=O) groups is 1. The van der Waals surface area contributed by atoms with Crippen LogP contribution >= 0.6 is 0 Å². The van der Waals surface area contributed by atoms with E-state index in [1.54, 1.807) is 6.20 Å². The van der Waals surface area contributed by atoms with Gasteiger partial charge in [0, 0.05) is 25.7 Å². The number of nitrogens with one attached hydrogen (secondary N) is 2. The minimum Gasteiger partial charge on any atom is -0.379 e. The number of ether oxygens (including phenoxy) is 1. The molecule has 25 heavy (non-hydrogen) atoms. The van der Waals surface area contributed by atoms with Crippen LogP contribution < -0.4 is 10.6 Å². The Morgan fingerprint density at radius 1 is 1.36 bits per heavy atom. The minimum atomic E-state index is -0.140. The quantitative estimate of drug-likeness (QED) is 0.767. The number of carbonyl (C=O) groups excluding carboxylic acids is 1. The minimum absolute atomic E-state index is 0.140. The second-order valence-electron chi connectivity index (χ2n) is 7.23. The molecule has 0 saturated carbocycles. The van der Waals surface area contributed by atoms with Crippen molar-refractivity contribution in [1.29, 1.82) is 0 Å². The monoisotopic (exact) mass is 350 g/mol. The van der Waals surface area contributed by atoms with Crippen LogP contribution in [0.25, 0.3) is 0 Å². The van der Waals surface area contributed by atoms with Crippen molar-refractivity contribution in [3.63, 3.8) is 0 Å². The maximum atomic E-state index is 12.5. The standard InChI is InChI=1S/C17H30N6O2/c1-13(2)16(22-7-9-25-10-8-22)11-19-17(24)15-12-23(21-20-15)14-3-5-18-6-4-14/h12-14,16,18H,3-11H2,1-2H3,(H,19,24). The average Bonchev–Trinajstić information content (AvgIpc) is 3.13. The summed E-state index contributed by atoms with van der Waals surface area (Å²) in [7, 11) is 0. The molecule has 0 aromatic carbocycles. The Bertz CT molecular complexity index is 549. The first-order valence-corrected chi connectivity index (χ1v) is 9.37. The van der Waals surface area contributed by atoms with Crippen LogP contribution in [0.5, 0.6) is 0 Å². The second kappa shape index (κ2) is 8.73. The molecule has 2 saturated heterocycles. The molecule has 1 atom stereocenters. The van der Waals surface area contributed by atoms with Crippen molar-refractivity contribution in [1.82, 2.24) is 30.5 Å². The molecule has 8 heteroatoms. The van der Waals surface area contributed by atoms with Crippen LogP contribution in [0, 0.1) is 5.92 Å². The van der Waals surface area contributed by atoms with Gasteiger partial charge in [0.1, 0.15) is 0 Å². The van der Waals surface area contributed by atoms with Crippen LogP contribution in [0.3, 0.4) is 0 Å². The Hall–Kier alpha value is -1.51. The molecule has 1 unspecified atom stereocenters. The largest absolute Gasteiger partial charge is 0.379 e. The van der Waals surface area contributed by atoms with Crippen LogP contribution in [-0.4, -0.2) is 77.8 Å². The van der Waals surface area contributed by atoms with Gasteiger partial charge in [0.15, 0.2) is 5.69 Å². The van der Waals surface area contributed by atoms with E-state index >= 15 is 0 Å². The first kappa shape index (κ1) is 18.3. The molecule has 140 valence electrons. The van der Waals surface area contributed by atoms with Gasteiger partial charge in [0.05, 0.1) is 25.5 Å². The van der Waals surface area contributed by atoms with Crippen molar-refractivity contribution in [2.75, 3.05) is 45.9 Å². The van der Waals surface area contributed by atoms with E-state index in [1.807, 2.05) is 4.68 Å². The molecule has 3 rings (SSSR count). The fraction of sp³-hybridized carbons (Fsp3) is 0.824. The number of nitrogens with zero attached hydrogens (tertiary/aromatic N) is 4. The van der Waals surface area contributed by atoms with Crippen molar-refractivity contribution < 1.29 is 9.53 Å². The van der Waals surface area contributed by atoms with Crippen LogP contribution in [-0.2, 0) is 4.74 Å². The van der Waals surface area contributed by atoms with Gasteiger partial charge >= 0.3 is 0 Å². The smallest absolute Gasteiger partial charge is 0.273 e. The highest BCUT2D eigenvalue weighted by atomic mass is 16.5. The van der Waals surface area contributed by atoms with Gasteiger partial charge < -0.3 is 15.4 Å². The highest BCUT2D eigenvalue weighted by Crippen LogP contribution is 2.17. The van der Waals surface area contributed by atoms with Gasteiger partial charge in [-0.15, -0.1) is 5.10 Å². The lowest BCUT2D eigenvalue weighted by molar-refractivity contribution is 0.00671. The Labute approximate surface area is 149 Å². The van der Waals surface area contributed by atoms with Crippen molar-refractivity contribution in [3.8, 4) is 0 Å². The number of hydrogen-bond donors (Lipinski definition) is 2. The molecule has 2 fully saturated rings.